The van der Waals surface area contributed by atoms with Crippen LogP contribution in [-0.4, -0.2) is 16.1 Å². The third kappa shape index (κ3) is 5.02. The monoisotopic (exact) mass is 574 g/mol. The van der Waals surface area contributed by atoms with Crippen LogP contribution in [0, 0.1) is 0 Å². The molecule has 0 aliphatic rings. The van der Waals surface area contributed by atoms with Crippen molar-refractivity contribution in [2.45, 2.75) is 24.9 Å². The van der Waals surface area contributed by atoms with Crippen molar-refractivity contribution in [1.29, 1.82) is 0 Å². The molecule has 1 atom stereocenters. The Bertz CT molecular complexity index is 1460. The summed E-state index contributed by atoms with van der Waals surface area (Å²) in [6.45, 7) is 2.43. The third-order valence-corrected chi connectivity index (χ3v) is 20.2. The van der Waals surface area contributed by atoms with Gasteiger partial charge in [-0.3, -0.25) is 0 Å². The number of rotatable bonds is 10. The van der Waals surface area contributed by atoms with E-state index in [1.54, 1.807) is 0 Å². The Labute approximate surface area is 253 Å². The standard InChI is InChI=1S/C40H38Si2/c1-2-34(42(38-27-15-6-16-28-38,39-29-17-7-18-30-39)40-31-19-8-20-32-40)33-41(35-21-9-3-10-22-35,36-23-11-4-12-24-36)37-25-13-5-14-26-37/h3-32,34H,2,33H2,1H3/t34-/m0/s1. The molecule has 0 fully saturated rings. The Morgan fingerprint density at radius 1 is 0.357 bits per heavy atom. The largest absolute Gasteiger partial charge is 0.151 e. The maximum absolute atomic E-state index is 2.53. The Hall–Kier alpha value is -4.25. The lowest BCUT2D eigenvalue weighted by atomic mass is 10.3. The molecular formula is C40H38Si2. The summed E-state index contributed by atoms with van der Waals surface area (Å²) < 4.78 is 0. The second-order valence-corrected chi connectivity index (χ2v) is 19.3. The van der Waals surface area contributed by atoms with Gasteiger partial charge in [-0.05, 0) is 42.7 Å². The van der Waals surface area contributed by atoms with Gasteiger partial charge in [-0.15, -0.1) is 0 Å². The van der Waals surface area contributed by atoms with Gasteiger partial charge < -0.3 is 0 Å². The molecule has 6 aromatic rings. The van der Waals surface area contributed by atoms with Gasteiger partial charge in [-0.2, -0.15) is 0 Å². The highest BCUT2D eigenvalue weighted by atomic mass is 28.3. The van der Waals surface area contributed by atoms with Gasteiger partial charge >= 0.3 is 0 Å². The summed E-state index contributed by atoms with van der Waals surface area (Å²) in [4.78, 5) is 0. The zero-order valence-electron chi connectivity index (χ0n) is 24.3. The summed E-state index contributed by atoms with van der Waals surface area (Å²) in [6.07, 6.45) is 1.10. The van der Waals surface area contributed by atoms with Crippen molar-refractivity contribution in [3.05, 3.63) is 182 Å². The topological polar surface area (TPSA) is 0 Å². The fraction of sp³-hybridized carbons (Fsp3) is 0.100. The minimum atomic E-state index is -2.53. The SMILES string of the molecule is CC[C@@H](C[Si](c1ccccc1)(c1ccccc1)c1ccccc1)[Si](c1ccccc1)(c1ccccc1)c1ccccc1. The Morgan fingerprint density at radius 2 is 0.595 bits per heavy atom. The van der Waals surface area contributed by atoms with E-state index in [9.17, 15) is 0 Å². The van der Waals surface area contributed by atoms with Crippen LogP contribution in [0.2, 0.25) is 11.6 Å². The van der Waals surface area contributed by atoms with E-state index in [4.69, 9.17) is 0 Å². The van der Waals surface area contributed by atoms with Crippen molar-refractivity contribution in [2.24, 2.45) is 0 Å². The highest BCUT2D eigenvalue weighted by molar-refractivity contribution is 7.16. The minimum Gasteiger partial charge on any atom is -0.0654 e. The van der Waals surface area contributed by atoms with Crippen LogP contribution in [0.4, 0.5) is 0 Å². The van der Waals surface area contributed by atoms with Crippen molar-refractivity contribution < 1.29 is 0 Å². The predicted octanol–water partition coefficient (Wildman–Crippen LogP) is 6.11. The molecule has 0 amide bonds. The lowest BCUT2D eigenvalue weighted by molar-refractivity contribution is 0.846. The zero-order valence-corrected chi connectivity index (χ0v) is 26.3. The van der Waals surface area contributed by atoms with Crippen LogP contribution in [0.3, 0.4) is 0 Å². The molecule has 6 rings (SSSR count). The molecule has 0 nitrogen and oxygen atoms in total. The second kappa shape index (κ2) is 12.7. The van der Waals surface area contributed by atoms with Crippen LogP contribution in [-0.2, 0) is 0 Å². The molecule has 0 bridgehead atoms. The lowest BCUT2D eigenvalue weighted by Crippen LogP contribution is -2.74. The van der Waals surface area contributed by atoms with E-state index >= 15 is 0 Å². The first-order valence-electron chi connectivity index (χ1n) is 15.1. The van der Waals surface area contributed by atoms with Crippen molar-refractivity contribution in [2.75, 3.05) is 0 Å². The molecule has 206 valence electrons. The molecular weight excluding hydrogens is 537 g/mol. The summed E-state index contributed by atoms with van der Waals surface area (Å²) in [5, 5.41) is 8.93. The zero-order chi connectivity index (χ0) is 28.7. The molecule has 2 heteroatoms. The van der Waals surface area contributed by atoms with E-state index in [0.29, 0.717) is 5.54 Å². The van der Waals surface area contributed by atoms with E-state index < -0.39 is 16.1 Å². The first-order valence-corrected chi connectivity index (χ1v) is 19.4. The minimum absolute atomic E-state index is 0.456. The molecule has 0 aliphatic heterocycles. The Kier molecular flexibility index (Phi) is 8.46. The average Bonchev–Trinajstić information content (AvgIpc) is 3.09. The fourth-order valence-electron chi connectivity index (χ4n) is 7.31. The van der Waals surface area contributed by atoms with Gasteiger partial charge in [0, 0.05) is 0 Å². The van der Waals surface area contributed by atoms with Crippen LogP contribution in [0.5, 0.6) is 0 Å². The van der Waals surface area contributed by atoms with Gasteiger partial charge in [-0.1, -0.05) is 195 Å². The van der Waals surface area contributed by atoms with Crippen LogP contribution in [0.25, 0.3) is 0 Å². The van der Waals surface area contributed by atoms with E-state index in [1.807, 2.05) is 0 Å². The molecule has 0 saturated carbocycles. The first-order chi connectivity index (χ1) is 20.8. The quantitative estimate of drug-likeness (QED) is 0.137. The van der Waals surface area contributed by atoms with E-state index in [2.05, 4.69) is 189 Å². The maximum atomic E-state index is 2.43. The van der Waals surface area contributed by atoms with Crippen molar-refractivity contribution in [3.63, 3.8) is 0 Å². The van der Waals surface area contributed by atoms with E-state index in [0.717, 1.165) is 12.5 Å². The van der Waals surface area contributed by atoms with Crippen molar-refractivity contribution in [1.82, 2.24) is 0 Å². The molecule has 6 aromatic carbocycles. The molecule has 0 unspecified atom stereocenters. The Morgan fingerprint density at radius 3 is 0.833 bits per heavy atom. The van der Waals surface area contributed by atoms with E-state index in [1.165, 1.54) is 31.1 Å². The molecule has 0 aromatic heterocycles. The summed E-state index contributed by atoms with van der Waals surface area (Å²) in [7, 11) is -5.01. The molecule has 42 heavy (non-hydrogen) atoms. The van der Waals surface area contributed by atoms with Gasteiger partial charge in [-0.25, -0.2) is 0 Å². The summed E-state index contributed by atoms with van der Waals surface area (Å²) in [6, 6.07) is 69.8. The van der Waals surface area contributed by atoms with Crippen LogP contribution < -0.4 is 31.1 Å². The molecule has 0 aliphatic carbocycles. The summed E-state index contributed by atoms with van der Waals surface area (Å²) >= 11 is 0. The van der Waals surface area contributed by atoms with Crippen LogP contribution in [0.15, 0.2) is 182 Å². The lowest BCUT2D eigenvalue weighted by Gasteiger charge is -2.45. The van der Waals surface area contributed by atoms with Crippen molar-refractivity contribution >= 4 is 47.3 Å². The molecule has 0 spiro atoms. The van der Waals surface area contributed by atoms with Gasteiger partial charge in [0.25, 0.3) is 0 Å². The van der Waals surface area contributed by atoms with Crippen LogP contribution in [0.1, 0.15) is 13.3 Å². The molecule has 0 N–H and O–H groups in total. The first kappa shape index (κ1) is 27.9. The molecule has 0 saturated heterocycles. The maximum Gasteiger partial charge on any atom is 0.151 e. The number of benzene rings is 6. The second-order valence-electron chi connectivity index (χ2n) is 11.2. The smallest absolute Gasteiger partial charge is 0.0654 e. The number of hydrogen-bond donors (Lipinski definition) is 0. The predicted molar refractivity (Wildman–Crippen MR) is 187 cm³/mol. The van der Waals surface area contributed by atoms with E-state index in [-0.39, 0.29) is 0 Å². The van der Waals surface area contributed by atoms with Gasteiger partial charge in [0.15, 0.2) is 8.07 Å². The van der Waals surface area contributed by atoms with Gasteiger partial charge in [0.05, 0.1) is 0 Å². The normalized spacial score (nSPS) is 12.5. The van der Waals surface area contributed by atoms with Gasteiger partial charge in [0.2, 0.25) is 0 Å². The average molecular weight is 575 g/mol. The van der Waals surface area contributed by atoms with Crippen molar-refractivity contribution in [3.8, 4) is 0 Å². The highest BCUT2D eigenvalue weighted by Crippen LogP contribution is 2.34. The third-order valence-electron chi connectivity index (χ3n) is 9.14. The van der Waals surface area contributed by atoms with Crippen LogP contribution >= 0.6 is 0 Å². The summed E-state index contributed by atoms with van der Waals surface area (Å²) in [5.74, 6) is 0. The highest BCUT2D eigenvalue weighted by Gasteiger charge is 2.50. The molecule has 0 radical (unpaired) electrons. The Balaban J connectivity index is 1.69. The fourth-order valence-corrected chi connectivity index (χ4v) is 19.6. The van der Waals surface area contributed by atoms with Gasteiger partial charge in [0.1, 0.15) is 8.07 Å². The summed E-state index contributed by atoms with van der Waals surface area (Å²) in [5.41, 5.74) is 0.456. The molecule has 0 heterocycles. The number of hydrogen-bond acceptors (Lipinski definition) is 0.